The number of imide groups is 2. The van der Waals surface area contributed by atoms with Gasteiger partial charge in [0.25, 0.3) is 17.7 Å². The van der Waals surface area contributed by atoms with Gasteiger partial charge >= 0.3 is 6.03 Å². The van der Waals surface area contributed by atoms with Crippen molar-refractivity contribution in [1.29, 1.82) is 0 Å². The molecule has 4 rings (SSSR count). The Hall–Kier alpha value is -4.50. The standard InChI is InChI=1S/C25H17ClFN3O5/c26-16-7-5-8-17(13-16)30-24(33)18(23(32)29-25(30)34)12-15-6-1-4-11-21(15)35-14-22(31)28-20-10-3-2-9-19(20)27/h1-13H,14H2,(H,28,31)(H,29,32,34)/b18-12+. The van der Waals surface area contributed by atoms with Crippen molar-refractivity contribution in [1.82, 2.24) is 5.32 Å². The van der Waals surface area contributed by atoms with Gasteiger partial charge in [-0.2, -0.15) is 0 Å². The first-order valence-corrected chi connectivity index (χ1v) is 10.6. The molecule has 0 aliphatic carbocycles. The number of benzene rings is 3. The van der Waals surface area contributed by atoms with Crippen LogP contribution < -0.4 is 20.3 Å². The summed E-state index contributed by atoms with van der Waals surface area (Å²) in [5.74, 6) is -2.75. The third-order valence-corrected chi connectivity index (χ3v) is 5.13. The highest BCUT2D eigenvalue weighted by atomic mass is 35.5. The van der Waals surface area contributed by atoms with Crippen LogP contribution in [0.15, 0.2) is 78.4 Å². The maximum absolute atomic E-state index is 13.7. The Kier molecular flexibility index (Phi) is 6.88. The van der Waals surface area contributed by atoms with E-state index in [1.807, 2.05) is 0 Å². The lowest BCUT2D eigenvalue weighted by Crippen LogP contribution is -2.54. The summed E-state index contributed by atoms with van der Waals surface area (Å²) in [6.45, 7) is -0.457. The molecule has 3 aromatic carbocycles. The van der Waals surface area contributed by atoms with Crippen molar-refractivity contribution in [2.24, 2.45) is 0 Å². The highest BCUT2D eigenvalue weighted by Crippen LogP contribution is 2.27. The van der Waals surface area contributed by atoms with Crippen LogP contribution in [0.4, 0.5) is 20.6 Å². The van der Waals surface area contributed by atoms with Crippen molar-refractivity contribution in [3.8, 4) is 5.75 Å². The lowest BCUT2D eigenvalue weighted by atomic mass is 10.1. The molecule has 0 bridgehead atoms. The van der Waals surface area contributed by atoms with Gasteiger partial charge in [-0.15, -0.1) is 0 Å². The molecule has 1 aliphatic rings. The van der Waals surface area contributed by atoms with Crippen LogP contribution in [-0.2, 0) is 14.4 Å². The van der Waals surface area contributed by atoms with Gasteiger partial charge in [0.1, 0.15) is 17.1 Å². The molecule has 0 radical (unpaired) electrons. The minimum absolute atomic E-state index is 0.00625. The van der Waals surface area contributed by atoms with E-state index in [-0.39, 0.29) is 22.7 Å². The van der Waals surface area contributed by atoms with Crippen molar-refractivity contribution in [3.63, 3.8) is 0 Å². The van der Waals surface area contributed by atoms with Crippen LogP contribution in [0.25, 0.3) is 6.08 Å². The number of carbonyl (C=O) groups is 4. The Bertz CT molecular complexity index is 1370. The number of hydrogen-bond donors (Lipinski definition) is 2. The Morgan fingerprint density at radius 2 is 1.77 bits per heavy atom. The first kappa shape index (κ1) is 23.7. The zero-order valence-corrected chi connectivity index (χ0v) is 18.7. The van der Waals surface area contributed by atoms with Gasteiger partial charge in [0.2, 0.25) is 0 Å². The summed E-state index contributed by atoms with van der Waals surface area (Å²) < 4.78 is 19.3. The van der Waals surface area contributed by atoms with Crippen molar-refractivity contribution < 1.29 is 28.3 Å². The Morgan fingerprint density at radius 1 is 1.03 bits per heavy atom. The molecule has 1 heterocycles. The molecule has 1 saturated heterocycles. The number of para-hydroxylation sites is 2. The van der Waals surface area contributed by atoms with Gasteiger partial charge in [-0.3, -0.25) is 19.7 Å². The molecule has 3 aromatic rings. The van der Waals surface area contributed by atoms with Crippen molar-refractivity contribution in [3.05, 3.63) is 94.8 Å². The summed E-state index contributed by atoms with van der Waals surface area (Å²) in [6, 6.07) is 17.2. The van der Waals surface area contributed by atoms with E-state index in [0.717, 1.165) is 4.90 Å². The molecular weight excluding hydrogens is 477 g/mol. The smallest absolute Gasteiger partial charge is 0.335 e. The Morgan fingerprint density at radius 3 is 2.54 bits per heavy atom. The summed E-state index contributed by atoms with van der Waals surface area (Å²) in [5.41, 5.74) is 0.181. The van der Waals surface area contributed by atoms with Gasteiger partial charge in [-0.05, 0) is 42.5 Å². The number of carbonyl (C=O) groups excluding carboxylic acids is 4. The van der Waals surface area contributed by atoms with Gasteiger partial charge < -0.3 is 10.1 Å². The van der Waals surface area contributed by atoms with Gasteiger partial charge in [0.15, 0.2) is 6.61 Å². The molecule has 0 unspecified atom stereocenters. The molecular formula is C25H17ClFN3O5. The highest BCUT2D eigenvalue weighted by Gasteiger charge is 2.37. The SMILES string of the molecule is O=C(COc1ccccc1/C=C1\C(=O)NC(=O)N(c2cccc(Cl)c2)C1=O)Nc1ccccc1F. The molecule has 5 amide bonds. The second kappa shape index (κ2) is 10.2. The summed E-state index contributed by atoms with van der Waals surface area (Å²) in [5, 5.41) is 4.83. The number of halogens is 2. The third kappa shape index (κ3) is 5.36. The lowest BCUT2D eigenvalue weighted by Gasteiger charge is -2.26. The second-order valence-electron chi connectivity index (χ2n) is 7.29. The first-order valence-electron chi connectivity index (χ1n) is 10.3. The van der Waals surface area contributed by atoms with Crippen LogP contribution in [-0.4, -0.2) is 30.4 Å². The average Bonchev–Trinajstić information content (AvgIpc) is 2.82. The maximum Gasteiger partial charge on any atom is 0.335 e. The van der Waals surface area contributed by atoms with Crippen LogP contribution in [0.2, 0.25) is 5.02 Å². The van der Waals surface area contributed by atoms with Crippen LogP contribution in [0, 0.1) is 5.82 Å². The fraction of sp³-hybridized carbons (Fsp3) is 0.0400. The van der Waals surface area contributed by atoms with E-state index >= 15 is 0 Å². The summed E-state index contributed by atoms with van der Waals surface area (Å²) in [4.78, 5) is 50.9. The predicted molar refractivity (Wildman–Crippen MR) is 127 cm³/mol. The number of rotatable bonds is 6. The molecule has 10 heteroatoms. The number of hydrogen-bond acceptors (Lipinski definition) is 5. The second-order valence-corrected chi connectivity index (χ2v) is 7.73. The number of nitrogens with one attached hydrogen (secondary N) is 2. The number of ether oxygens (including phenoxy) is 1. The summed E-state index contributed by atoms with van der Waals surface area (Å²) >= 11 is 5.97. The normalized spacial score (nSPS) is 14.6. The molecule has 8 nitrogen and oxygen atoms in total. The zero-order valence-electron chi connectivity index (χ0n) is 18.0. The van der Waals surface area contributed by atoms with E-state index in [1.165, 1.54) is 42.5 Å². The first-order chi connectivity index (χ1) is 16.8. The van der Waals surface area contributed by atoms with Crippen LogP contribution >= 0.6 is 11.6 Å². The molecule has 0 saturated carbocycles. The van der Waals surface area contributed by atoms with Gasteiger partial charge in [-0.25, -0.2) is 14.1 Å². The van der Waals surface area contributed by atoms with E-state index in [4.69, 9.17) is 16.3 Å². The van der Waals surface area contributed by atoms with Crippen LogP contribution in [0.1, 0.15) is 5.56 Å². The van der Waals surface area contributed by atoms with E-state index in [9.17, 15) is 23.6 Å². The minimum atomic E-state index is -0.909. The quantitative estimate of drug-likeness (QED) is 0.396. The number of anilines is 2. The fourth-order valence-electron chi connectivity index (χ4n) is 3.29. The van der Waals surface area contributed by atoms with Crippen LogP contribution in [0.3, 0.4) is 0 Å². The Labute approximate surface area is 203 Å². The zero-order chi connectivity index (χ0) is 24.9. The van der Waals surface area contributed by atoms with E-state index < -0.39 is 36.2 Å². The Balaban J connectivity index is 1.55. The minimum Gasteiger partial charge on any atom is -0.483 e. The topological polar surface area (TPSA) is 105 Å². The molecule has 1 fully saturated rings. The van der Waals surface area contributed by atoms with E-state index in [0.29, 0.717) is 10.6 Å². The van der Waals surface area contributed by atoms with E-state index in [2.05, 4.69) is 10.6 Å². The number of urea groups is 1. The number of amides is 5. The predicted octanol–water partition coefficient (Wildman–Crippen LogP) is 4.16. The van der Waals surface area contributed by atoms with Gasteiger partial charge in [-0.1, -0.05) is 48.0 Å². The molecule has 176 valence electrons. The maximum atomic E-state index is 13.7. The van der Waals surface area contributed by atoms with E-state index in [1.54, 1.807) is 36.4 Å². The van der Waals surface area contributed by atoms with Crippen molar-refractivity contribution >= 4 is 52.8 Å². The number of nitrogens with zero attached hydrogens (tertiary/aromatic N) is 1. The highest BCUT2D eigenvalue weighted by molar-refractivity contribution is 6.39. The largest absolute Gasteiger partial charge is 0.483 e. The lowest BCUT2D eigenvalue weighted by molar-refractivity contribution is -0.122. The number of barbiturate groups is 1. The van der Waals surface area contributed by atoms with Gasteiger partial charge in [0.05, 0.1) is 11.4 Å². The summed E-state index contributed by atoms with van der Waals surface area (Å²) in [7, 11) is 0. The third-order valence-electron chi connectivity index (χ3n) is 4.89. The molecule has 1 aliphatic heterocycles. The molecule has 35 heavy (non-hydrogen) atoms. The fourth-order valence-corrected chi connectivity index (χ4v) is 3.47. The van der Waals surface area contributed by atoms with Crippen molar-refractivity contribution in [2.45, 2.75) is 0 Å². The molecule has 2 N–H and O–H groups in total. The monoisotopic (exact) mass is 493 g/mol. The summed E-state index contributed by atoms with van der Waals surface area (Å²) in [6.07, 6.45) is 1.26. The molecule has 0 spiro atoms. The van der Waals surface area contributed by atoms with Gasteiger partial charge in [0, 0.05) is 10.6 Å². The van der Waals surface area contributed by atoms with Crippen LogP contribution in [0.5, 0.6) is 5.75 Å². The van der Waals surface area contributed by atoms with Crippen molar-refractivity contribution in [2.75, 3.05) is 16.8 Å². The average molecular weight is 494 g/mol. The molecule has 0 aromatic heterocycles. The molecule has 0 atom stereocenters.